The summed E-state index contributed by atoms with van der Waals surface area (Å²) in [5, 5.41) is 9.30. The van der Waals surface area contributed by atoms with Gasteiger partial charge < -0.3 is 20.5 Å². The van der Waals surface area contributed by atoms with Gasteiger partial charge >= 0.3 is 0 Å². The van der Waals surface area contributed by atoms with E-state index in [0.29, 0.717) is 28.7 Å². The maximum absolute atomic E-state index is 12.6. The van der Waals surface area contributed by atoms with Crippen LogP contribution in [-0.2, 0) is 0 Å². The standard InChI is InChI=1S/C26H21N7O/c34-26(19-6-12-22(13-7-19)33-15-3-4-16-33)31-21-10-8-20(9-11-21)30-24-17-25(29-18-28-24)32-23-5-1-2-14-27-23/h1-18H,(H,31,34)(H2,27,28,29,30,32). The summed E-state index contributed by atoms with van der Waals surface area (Å²) in [5.74, 6) is 1.79. The van der Waals surface area contributed by atoms with Crippen molar-refractivity contribution in [3.63, 3.8) is 0 Å². The Morgan fingerprint density at radius 3 is 2.09 bits per heavy atom. The predicted octanol–water partition coefficient (Wildman–Crippen LogP) is 5.40. The fourth-order valence-electron chi connectivity index (χ4n) is 3.34. The number of nitrogens with one attached hydrogen (secondary N) is 3. The fraction of sp³-hybridized carbons (Fsp3) is 0. The Morgan fingerprint density at radius 1 is 0.676 bits per heavy atom. The lowest BCUT2D eigenvalue weighted by Gasteiger charge is -2.10. The van der Waals surface area contributed by atoms with E-state index in [1.165, 1.54) is 6.33 Å². The number of pyridine rings is 1. The van der Waals surface area contributed by atoms with E-state index < -0.39 is 0 Å². The Kier molecular flexibility index (Phi) is 5.94. The number of nitrogens with zero attached hydrogens (tertiary/aromatic N) is 4. The van der Waals surface area contributed by atoms with Crippen molar-refractivity contribution in [2.24, 2.45) is 0 Å². The summed E-state index contributed by atoms with van der Waals surface area (Å²) in [5.41, 5.74) is 3.12. The fourth-order valence-corrected chi connectivity index (χ4v) is 3.34. The third-order valence-electron chi connectivity index (χ3n) is 5.04. The molecule has 1 amide bonds. The summed E-state index contributed by atoms with van der Waals surface area (Å²) in [6.45, 7) is 0. The molecule has 5 aromatic rings. The van der Waals surface area contributed by atoms with Gasteiger partial charge in [0.2, 0.25) is 0 Å². The SMILES string of the molecule is O=C(Nc1ccc(Nc2cc(Nc3ccccn3)ncn2)cc1)c1ccc(-n2cccc2)cc1. The van der Waals surface area contributed by atoms with Gasteiger partial charge in [-0.3, -0.25) is 4.79 Å². The average molecular weight is 448 g/mol. The average Bonchev–Trinajstić information content (AvgIpc) is 3.41. The number of hydrogen-bond acceptors (Lipinski definition) is 6. The van der Waals surface area contributed by atoms with Crippen molar-refractivity contribution in [1.82, 2.24) is 19.5 Å². The highest BCUT2D eigenvalue weighted by molar-refractivity contribution is 6.04. The third-order valence-corrected chi connectivity index (χ3v) is 5.04. The molecule has 0 saturated heterocycles. The van der Waals surface area contributed by atoms with Crippen LogP contribution in [0.3, 0.4) is 0 Å². The maximum atomic E-state index is 12.6. The lowest BCUT2D eigenvalue weighted by molar-refractivity contribution is 0.102. The topological polar surface area (TPSA) is 96.8 Å². The van der Waals surface area contributed by atoms with Gasteiger partial charge in [0.15, 0.2) is 0 Å². The highest BCUT2D eigenvalue weighted by atomic mass is 16.1. The van der Waals surface area contributed by atoms with Crippen molar-refractivity contribution in [1.29, 1.82) is 0 Å². The summed E-state index contributed by atoms with van der Waals surface area (Å²) < 4.78 is 1.99. The third kappa shape index (κ3) is 5.08. The van der Waals surface area contributed by atoms with Crippen molar-refractivity contribution in [3.05, 3.63) is 115 Å². The molecule has 0 aliphatic rings. The van der Waals surface area contributed by atoms with Crippen LogP contribution in [0.2, 0.25) is 0 Å². The summed E-state index contributed by atoms with van der Waals surface area (Å²) >= 11 is 0. The summed E-state index contributed by atoms with van der Waals surface area (Å²) in [7, 11) is 0. The second-order valence-corrected chi connectivity index (χ2v) is 7.42. The number of hydrogen-bond donors (Lipinski definition) is 3. The van der Waals surface area contributed by atoms with E-state index in [-0.39, 0.29) is 5.91 Å². The Bertz CT molecular complexity index is 1370. The molecule has 5 rings (SSSR count). The Balaban J connectivity index is 1.20. The molecule has 0 unspecified atom stereocenters. The van der Waals surface area contributed by atoms with Crippen molar-refractivity contribution < 1.29 is 4.79 Å². The van der Waals surface area contributed by atoms with Crippen LogP contribution < -0.4 is 16.0 Å². The Labute approximate surface area is 196 Å². The molecule has 8 nitrogen and oxygen atoms in total. The molecule has 0 atom stereocenters. The second-order valence-electron chi connectivity index (χ2n) is 7.42. The molecular weight excluding hydrogens is 426 g/mol. The van der Waals surface area contributed by atoms with E-state index in [1.807, 2.05) is 95.8 Å². The highest BCUT2D eigenvalue weighted by Gasteiger charge is 2.07. The maximum Gasteiger partial charge on any atom is 0.255 e. The van der Waals surface area contributed by atoms with Gasteiger partial charge in [0.25, 0.3) is 5.91 Å². The number of anilines is 5. The van der Waals surface area contributed by atoms with E-state index in [1.54, 1.807) is 12.3 Å². The van der Waals surface area contributed by atoms with Crippen LogP contribution in [-0.4, -0.2) is 25.4 Å². The molecule has 8 heteroatoms. The lowest BCUT2D eigenvalue weighted by atomic mass is 10.2. The van der Waals surface area contributed by atoms with Gasteiger partial charge in [-0.2, -0.15) is 0 Å². The normalized spacial score (nSPS) is 10.5. The molecule has 0 aliphatic heterocycles. The molecule has 3 N–H and O–H groups in total. The van der Waals surface area contributed by atoms with Crippen molar-refractivity contribution in [3.8, 4) is 5.69 Å². The van der Waals surface area contributed by atoms with Gasteiger partial charge in [0, 0.05) is 47.3 Å². The molecule has 2 aromatic carbocycles. The molecule has 0 aliphatic carbocycles. The molecule has 0 fully saturated rings. The molecule has 34 heavy (non-hydrogen) atoms. The van der Waals surface area contributed by atoms with Gasteiger partial charge in [-0.05, 0) is 72.8 Å². The first-order valence-electron chi connectivity index (χ1n) is 10.6. The van der Waals surface area contributed by atoms with Crippen LogP contribution in [0, 0.1) is 0 Å². The monoisotopic (exact) mass is 447 g/mol. The first-order valence-corrected chi connectivity index (χ1v) is 10.6. The Morgan fingerprint density at radius 2 is 1.38 bits per heavy atom. The number of amides is 1. The minimum absolute atomic E-state index is 0.166. The quantitative estimate of drug-likeness (QED) is 0.309. The van der Waals surface area contributed by atoms with Gasteiger partial charge in [0.05, 0.1) is 0 Å². The minimum atomic E-state index is -0.166. The summed E-state index contributed by atoms with van der Waals surface area (Å²) in [6, 6.07) is 26.2. The van der Waals surface area contributed by atoms with E-state index >= 15 is 0 Å². The van der Waals surface area contributed by atoms with E-state index in [0.717, 1.165) is 11.4 Å². The largest absolute Gasteiger partial charge is 0.340 e. The zero-order valence-electron chi connectivity index (χ0n) is 18.1. The van der Waals surface area contributed by atoms with Gasteiger partial charge in [-0.15, -0.1) is 0 Å². The number of carbonyl (C=O) groups excluding carboxylic acids is 1. The van der Waals surface area contributed by atoms with Crippen molar-refractivity contribution in [2.75, 3.05) is 16.0 Å². The summed E-state index contributed by atoms with van der Waals surface area (Å²) in [4.78, 5) is 25.3. The minimum Gasteiger partial charge on any atom is -0.340 e. The first-order chi connectivity index (χ1) is 16.7. The predicted molar refractivity (Wildman–Crippen MR) is 133 cm³/mol. The number of rotatable bonds is 7. The number of benzene rings is 2. The van der Waals surface area contributed by atoms with Crippen LogP contribution in [0.25, 0.3) is 5.69 Å². The molecule has 0 saturated carbocycles. The molecule has 0 bridgehead atoms. The molecule has 166 valence electrons. The van der Waals surface area contributed by atoms with E-state index in [2.05, 4.69) is 30.9 Å². The molecular formula is C26H21N7O. The molecule has 3 heterocycles. The molecule has 0 spiro atoms. The van der Waals surface area contributed by atoms with Crippen LogP contribution in [0.5, 0.6) is 0 Å². The lowest BCUT2D eigenvalue weighted by Crippen LogP contribution is -2.11. The van der Waals surface area contributed by atoms with Crippen LogP contribution in [0.1, 0.15) is 10.4 Å². The molecule has 3 aromatic heterocycles. The van der Waals surface area contributed by atoms with Crippen molar-refractivity contribution in [2.45, 2.75) is 0 Å². The van der Waals surface area contributed by atoms with E-state index in [9.17, 15) is 4.79 Å². The first kappa shape index (κ1) is 20.9. The number of aromatic nitrogens is 4. The van der Waals surface area contributed by atoms with Crippen molar-refractivity contribution >= 4 is 34.7 Å². The zero-order chi connectivity index (χ0) is 23.2. The van der Waals surface area contributed by atoms with Gasteiger partial charge in [0.1, 0.15) is 23.8 Å². The van der Waals surface area contributed by atoms with Gasteiger partial charge in [-0.1, -0.05) is 6.07 Å². The Hall–Kier alpha value is -4.98. The molecule has 0 radical (unpaired) electrons. The number of carbonyl (C=O) groups is 1. The van der Waals surface area contributed by atoms with E-state index in [4.69, 9.17) is 0 Å². The van der Waals surface area contributed by atoms with Crippen LogP contribution >= 0.6 is 0 Å². The zero-order valence-corrected chi connectivity index (χ0v) is 18.1. The van der Waals surface area contributed by atoms with Crippen LogP contribution in [0.15, 0.2) is 110 Å². The van der Waals surface area contributed by atoms with Crippen LogP contribution in [0.4, 0.5) is 28.8 Å². The highest BCUT2D eigenvalue weighted by Crippen LogP contribution is 2.20. The smallest absolute Gasteiger partial charge is 0.255 e. The summed E-state index contributed by atoms with van der Waals surface area (Å²) in [6.07, 6.45) is 7.11. The second kappa shape index (κ2) is 9.66. The van der Waals surface area contributed by atoms with Gasteiger partial charge in [-0.25, -0.2) is 15.0 Å².